The minimum Gasteiger partial charge on any atom is -0.464 e. The molecule has 0 N–H and O–H groups in total. The lowest BCUT2D eigenvalue weighted by Gasteiger charge is -2.30. The molecule has 0 bridgehead atoms. The van der Waals surface area contributed by atoms with Crippen LogP contribution in [-0.4, -0.2) is 59.9 Å². The van der Waals surface area contributed by atoms with Gasteiger partial charge in [0.05, 0.1) is 6.61 Å². The Kier molecular flexibility index (Phi) is 3.82. The van der Waals surface area contributed by atoms with Gasteiger partial charge in [-0.2, -0.15) is 5.10 Å². The Morgan fingerprint density at radius 3 is 3.10 bits per heavy atom. The molecule has 2 aliphatic heterocycles. The maximum atomic E-state index is 11.6. The number of hydrogen-bond acceptors (Lipinski definition) is 6. The van der Waals surface area contributed by atoms with Crippen LogP contribution in [0, 0.1) is 0 Å². The van der Waals surface area contributed by atoms with Crippen LogP contribution in [0.5, 0.6) is 0 Å². The molecule has 0 aromatic carbocycles. The lowest BCUT2D eigenvalue weighted by molar-refractivity contribution is -0.142. The molecule has 2 fully saturated rings. The van der Waals surface area contributed by atoms with E-state index >= 15 is 0 Å². The van der Waals surface area contributed by atoms with Gasteiger partial charge in [-0.3, -0.25) is 9.69 Å². The van der Waals surface area contributed by atoms with Crippen LogP contribution in [0.1, 0.15) is 19.3 Å². The molecule has 108 valence electrons. The molecule has 6 heteroatoms. The highest BCUT2D eigenvalue weighted by atomic mass is 16.5. The van der Waals surface area contributed by atoms with E-state index in [4.69, 9.17) is 4.74 Å². The molecule has 2 saturated heterocycles. The van der Waals surface area contributed by atoms with E-state index in [0.717, 1.165) is 38.2 Å². The monoisotopic (exact) mass is 276 g/mol. The Hall–Kier alpha value is -1.69. The molecule has 0 aliphatic carbocycles. The fourth-order valence-corrected chi connectivity index (χ4v) is 3.12. The molecule has 1 aromatic heterocycles. The van der Waals surface area contributed by atoms with Gasteiger partial charge in [-0.05, 0) is 32.0 Å². The molecule has 2 atom stereocenters. The molecule has 6 nitrogen and oxygen atoms in total. The van der Waals surface area contributed by atoms with Crippen molar-refractivity contribution in [3.63, 3.8) is 0 Å². The van der Waals surface area contributed by atoms with Crippen molar-refractivity contribution in [2.24, 2.45) is 0 Å². The first kappa shape index (κ1) is 13.3. The standard InChI is InChI=1S/C14H20N4O2/c1-17(12-6-9-20-14(12)19)10-11-4-3-8-18(11)13-5-2-7-15-16-13/h2,5,7,11-12H,3-4,6,8-10H2,1H3/t11-,12-/m1/s1. The first-order chi connectivity index (χ1) is 9.75. The second-order valence-electron chi connectivity index (χ2n) is 5.48. The van der Waals surface area contributed by atoms with Crippen LogP contribution in [-0.2, 0) is 9.53 Å². The fraction of sp³-hybridized carbons (Fsp3) is 0.643. The first-order valence-corrected chi connectivity index (χ1v) is 7.17. The van der Waals surface area contributed by atoms with Crippen molar-refractivity contribution in [1.29, 1.82) is 0 Å². The quantitative estimate of drug-likeness (QED) is 0.754. The molecule has 0 saturated carbocycles. The molecule has 3 rings (SSSR count). The average Bonchev–Trinajstić information content (AvgIpc) is 3.08. The zero-order valence-corrected chi connectivity index (χ0v) is 11.7. The number of anilines is 1. The number of carbonyl (C=O) groups excluding carboxylic acids is 1. The van der Waals surface area contributed by atoms with Crippen molar-refractivity contribution in [2.75, 3.05) is 31.6 Å². The zero-order valence-electron chi connectivity index (χ0n) is 11.7. The van der Waals surface area contributed by atoms with Gasteiger partial charge in [0.2, 0.25) is 0 Å². The Labute approximate surface area is 118 Å². The summed E-state index contributed by atoms with van der Waals surface area (Å²) in [5, 5.41) is 8.15. The average molecular weight is 276 g/mol. The van der Waals surface area contributed by atoms with Crippen molar-refractivity contribution < 1.29 is 9.53 Å². The Balaban J connectivity index is 1.65. The minimum absolute atomic E-state index is 0.0840. The Morgan fingerprint density at radius 2 is 2.40 bits per heavy atom. The van der Waals surface area contributed by atoms with Crippen LogP contribution in [0.4, 0.5) is 5.82 Å². The number of esters is 1. The highest BCUT2D eigenvalue weighted by Crippen LogP contribution is 2.24. The molecule has 3 heterocycles. The molecule has 0 radical (unpaired) electrons. The summed E-state index contributed by atoms with van der Waals surface area (Å²) in [4.78, 5) is 16.1. The molecule has 2 aliphatic rings. The van der Waals surface area contributed by atoms with Crippen LogP contribution in [0.15, 0.2) is 18.3 Å². The molecule has 20 heavy (non-hydrogen) atoms. The van der Waals surface area contributed by atoms with Crippen molar-refractivity contribution in [3.8, 4) is 0 Å². The van der Waals surface area contributed by atoms with Gasteiger partial charge >= 0.3 is 5.97 Å². The van der Waals surface area contributed by atoms with Crippen molar-refractivity contribution in [2.45, 2.75) is 31.3 Å². The Morgan fingerprint density at radius 1 is 1.50 bits per heavy atom. The minimum atomic E-state index is -0.0865. The topological polar surface area (TPSA) is 58.6 Å². The van der Waals surface area contributed by atoms with Gasteiger partial charge in [-0.25, -0.2) is 0 Å². The predicted octanol–water partition coefficient (Wildman–Crippen LogP) is 0.693. The van der Waals surface area contributed by atoms with E-state index in [2.05, 4.69) is 20.0 Å². The van der Waals surface area contributed by atoms with Gasteiger partial charge < -0.3 is 9.64 Å². The van der Waals surface area contributed by atoms with Gasteiger partial charge in [0.1, 0.15) is 6.04 Å². The number of likely N-dealkylation sites (N-methyl/N-ethyl adjacent to an activating group) is 1. The summed E-state index contributed by atoms with van der Waals surface area (Å²) in [6, 6.07) is 4.22. The third-order valence-corrected chi connectivity index (χ3v) is 4.17. The summed E-state index contributed by atoms with van der Waals surface area (Å²) in [5.41, 5.74) is 0. The van der Waals surface area contributed by atoms with Crippen LogP contribution < -0.4 is 4.90 Å². The number of hydrogen-bond donors (Lipinski definition) is 0. The van der Waals surface area contributed by atoms with E-state index < -0.39 is 0 Å². The van der Waals surface area contributed by atoms with E-state index in [-0.39, 0.29) is 12.0 Å². The van der Waals surface area contributed by atoms with Gasteiger partial charge in [0, 0.05) is 31.7 Å². The summed E-state index contributed by atoms with van der Waals surface area (Å²) in [6.45, 7) is 2.41. The number of carbonyl (C=O) groups is 1. The molecule has 1 aromatic rings. The summed E-state index contributed by atoms with van der Waals surface area (Å²) in [7, 11) is 2.00. The second-order valence-corrected chi connectivity index (χ2v) is 5.48. The highest BCUT2D eigenvalue weighted by Gasteiger charge is 2.34. The molecule has 0 spiro atoms. The molecular formula is C14H20N4O2. The largest absolute Gasteiger partial charge is 0.464 e. The number of ether oxygens (including phenoxy) is 1. The van der Waals surface area contributed by atoms with Crippen LogP contribution >= 0.6 is 0 Å². The van der Waals surface area contributed by atoms with Crippen molar-refractivity contribution in [3.05, 3.63) is 18.3 Å². The van der Waals surface area contributed by atoms with Crippen molar-refractivity contribution >= 4 is 11.8 Å². The van der Waals surface area contributed by atoms with E-state index in [1.54, 1.807) is 6.20 Å². The number of aromatic nitrogens is 2. The maximum Gasteiger partial charge on any atom is 0.323 e. The van der Waals surface area contributed by atoms with E-state index in [1.807, 2.05) is 19.2 Å². The van der Waals surface area contributed by atoms with Gasteiger partial charge in [-0.15, -0.1) is 5.10 Å². The van der Waals surface area contributed by atoms with Crippen LogP contribution in [0.25, 0.3) is 0 Å². The van der Waals surface area contributed by atoms with E-state index in [1.165, 1.54) is 0 Å². The highest BCUT2D eigenvalue weighted by molar-refractivity contribution is 5.77. The number of cyclic esters (lactones) is 1. The summed E-state index contributed by atoms with van der Waals surface area (Å²) in [6.07, 6.45) is 4.77. The summed E-state index contributed by atoms with van der Waals surface area (Å²) in [5.74, 6) is 0.842. The fourth-order valence-electron chi connectivity index (χ4n) is 3.12. The van der Waals surface area contributed by atoms with Gasteiger partial charge in [0.15, 0.2) is 5.82 Å². The smallest absolute Gasteiger partial charge is 0.323 e. The summed E-state index contributed by atoms with van der Waals surface area (Å²) < 4.78 is 5.05. The third-order valence-electron chi connectivity index (χ3n) is 4.17. The SMILES string of the molecule is CN(C[C@H]1CCCN1c1cccnn1)[C@@H]1CCOC1=O. The van der Waals surface area contributed by atoms with Crippen molar-refractivity contribution in [1.82, 2.24) is 15.1 Å². The lowest BCUT2D eigenvalue weighted by atomic mass is 10.1. The summed E-state index contributed by atoms with van der Waals surface area (Å²) >= 11 is 0. The van der Waals surface area contributed by atoms with E-state index in [0.29, 0.717) is 12.6 Å². The molecular weight excluding hydrogens is 256 g/mol. The molecule has 0 unspecified atom stereocenters. The van der Waals surface area contributed by atoms with Crippen LogP contribution in [0.2, 0.25) is 0 Å². The first-order valence-electron chi connectivity index (χ1n) is 7.17. The number of nitrogens with zero attached hydrogens (tertiary/aromatic N) is 4. The number of rotatable bonds is 4. The van der Waals surface area contributed by atoms with Crippen LogP contribution in [0.3, 0.4) is 0 Å². The normalized spacial score (nSPS) is 26.3. The Bertz CT molecular complexity index is 468. The lowest BCUT2D eigenvalue weighted by Crippen LogP contribution is -2.44. The second kappa shape index (κ2) is 5.75. The molecule has 0 amide bonds. The predicted molar refractivity (Wildman–Crippen MR) is 74.4 cm³/mol. The van der Waals surface area contributed by atoms with Gasteiger partial charge in [0.25, 0.3) is 0 Å². The van der Waals surface area contributed by atoms with E-state index in [9.17, 15) is 4.79 Å². The maximum absolute atomic E-state index is 11.6. The van der Waals surface area contributed by atoms with Gasteiger partial charge in [-0.1, -0.05) is 0 Å². The zero-order chi connectivity index (χ0) is 13.9. The third kappa shape index (κ3) is 2.60.